The summed E-state index contributed by atoms with van der Waals surface area (Å²) in [4.78, 5) is 29.8. The summed E-state index contributed by atoms with van der Waals surface area (Å²) < 4.78 is 0. The van der Waals surface area contributed by atoms with E-state index < -0.39 is 6.04 Å². The Bertz CT molecular complexity index is 1210. The lowest BCUT2D eigenvalue weighted by molar-refractivity contribution is -0.116. The summed E-state index contributed by atoms with van der Waals surface area (Å²) >= 11 is 1.57. The second-order valence-corrected chi connectivity index (χ2v) is 9.38. The number of rotatable bonds is 2. The van der Waals surface area contributed by atoms with E-state index in [1.165, 1.54) is 0 Å². The number of carbonyl (C=O) groups is 2. The first kappa shape index (κ1) is 20.5. The molecule has 32 heavy (non-hydrogen) atoms. The number of nitrogens with zero attached hydrogens (tertiary/aromatic N) is 1. The highest BCUT2D eigenvalue weighted by molar-refractivity contribution is 7.10. The van der Waals surface area contributed by atoms with E-state index in [0.717, 1.165) is 51.6 Å². The molecule has 0 radical (unpaired) electrons. The van der Waals surface area contributed by atoms with E-state index in [9.17, 15) is 9.59 Å². The predicted molar refractivity (Wildman–Crippen MR) is 130 cm³/mol. The van der Waals surface area contributed by atoms with E-state index in [1.807, 2.05) is 67.8 Å². The summed E-state index contributed by atoms with van der Waals surface area (Å²) in [6.45, 7) is 4.03. The van der Waals surface area contributed by atoms with Gasteiger partial charge in [-0.3, -0.25) is 9.69 Å². The Hall–Kier alpha value is -3.38. The smallest absolute Gasteiger partial charge is 0.327 e. The first-order chi connectivity index (χ1) is 15.5. The second-order valence-electron chi connectivity index (χ2n) is 8.41. The summed E-state index contributed by atoms with van der Waals surface area (Å²) in [6, 6.07) is 17.0. The molecule has 2 heterocycles. The Morgan fingerprint density at radius 1 is 1.06 bits per heavy atom. The lowest BCUT2D eigenvalue weighted by atomic mass is 9.88. The fraction of sp³-hybridized carbons (Fsp3) is 0.231. The van der Waals surface area contributed by atoms with Gasteiger partial charge in [0.1, 0.15) is 6.04 Å². The van der Waals surface area contributed by atoms with Gasteiger partial charge in [0.2, 0.25) is 0 Å². The fourth-order valence-electron chi connectivity index (χ4n) is 4.70. The van der Waals surface area contributed by atoms with Crippen LogP contribution in [-0.2, 0) is 4.79 Å². The lowest BCUT2D eigenvalue weighted by Crippen LogP contribution is -2.40. The second kappa shape index (κ2) is 8.28. The van der Waals surface area contributed by atoms with Gasteiger partial charge in [0, 0.05) is 28.3 Å². The van der Waals surface area contributed by atoms with E-state index in [2.05, 4.69) is 16.7 Å². The number of amides is 2. The first-order valence-corrected chi connectivity index (χ1v) is 11.7. The first-order valence-electron chi connectivity index (χ1n) is 10.9. The van der Waals surface area contributed by atoms with Crippen LogP contribution in [0.4, 0.5) is 21.9 Å². The number of nitrogens with one attached hydrogen (secondary N) is 2. The van der Waals surface area contributed by atoms with Gasteiger partial charge in [0.15, 0.2) is 5.78 Å². The van der Waals surface area contributed by atoms with Crippen molar-refractivity contribution in [3.8, 4) is 0 Å². The number of allylic oxidation sites excluding steroid dienone is 1. The van der Waals surface area contributed by atoms with Crippen molar-refractivity contribution in [2.45, 2.75) is 39.2 Å². The third-order valence-electron chi connectivity index (χ3n) is 5.94. The number of aryl methyl sites for hydroxylation is 2. The van der Waals surface area contributed by atoms with Crippen molar-refractivity contribution in [3.05, 3.63) is 87.3 Å². The number of ketones is 1. The minimum Gasteiger partial charge on any atom is -0.357 e. The van der Waals surface area contributed by atoms with Gasteiger partial charge >= 0.3 is 6.03 Å². The summed E-state index contributed by atoms with van der Waals surface area (Å²) in [5.74, 6) is 0.106. The van der Waals surface area contributed by atoms with Crippen molar-refractivity contribution >= 4 is 40.2 Å². The molecule has 5 nitrogen and oxygen atoms in total. The molecule has 2 aromatic carbocycles. The molecule has 5 rings (SSSR count). The SMILES string of the molecule is Cc1cc(C)cc(NC(=O)N2c3ccccc3NC3=C(C(=O)CCC3)[C@@H]2c2cccs2)c1. The molecule has 0 saturated carbocycles. The molecule has 0 fully saturated rings. The zero-order chi connectivity index (χ0) is 22.2. The maximum absolute atomic E-state index is 13.9. The molecule has 162 valence electrons. The fourth-order valence-corrected chi connectivity index (χ4v) is 5.53. The third kappa shape index (κ3) is 3.71. The average Bonchev–Trinajstić information content (AvgIpc) is 3.22. The molecule has 1 atom stereocenters. The van der Waals surface area contributed by atoms with Gasteiger partial charge in [-0.1, -0.05) is 24.3 Å². The third-order valence-corrected chi connectivity index (χ3v) is 6.87. The normalized spacial score (nSPS) is 17.9. The predicted octanol–water partition coefficient (Wildman–Crippen LogP) is 6.58. The average molecular weight is 444 g/mol. The zero-order valence-electron chi connectivity index (χ0n) is 18.1. The molecule has 0 spiro atoms. The maximum atomic E-state index is 13.9. The van der Waals surface area contributed by atoms with Gasteiger partial charge in [0.25, 0.3) is 0 Å². The van der Waals surface area contributed by atoms with Gasteiger partial charge in [-0.05, 0) is 73.5 Å². The molecule has 0 unspecified atom stereocenters. The number of Topliss-reactive ketones (excluding diaryl/α,β-unsaturated/α-hetero) is 1. The molecule has 1 aliphatic carbocycles. The quantitative estimate of drug-likeness (QED) is 0.470. The van der Waals surface area contributed by atoms with Crippen LogP contribution in [-0.4, -0.2) is 11.8 Å². The number of anilines is 3. The summed E-state index contributed by atoms with van der Waals surface area (Å²) in [5, 5.41) is 8.58. The van der Waals surface area contributed by atoms with E-state index in [0.29, 0.717) is 12.0 Å². The van der Waals surface area contributed by atoms with Crippen molar-refractivity contribution < 1.29 is 9.59 Å². The summed E-state index contributed by atoms with van der Waals surface area (Å²) in [6.07, 6.45) is 2.12. The summed E-state index contributed by atoms with van der Waals surface area (Å²) in [5.41, 5.74) is 6.14. The van der Waals surface area contributed by atoms with Crippen LogP contribution < -0.4 is 15.5 Å². The molecule has 0 saturated heterocycles. The van der Waals surface area contributed by atoms with Crippen LogP contribution in [0.5, 0.6) is 0 Å². The van der Waals surface area contributed by atoms with Crippen molar-refractivity contribution in [1.82, 2.24) is 0 Å². The van der Waals surface area contributed by atoms with Crippen molar-refractivity contribution in [1.29, 1.82) is 0 Å². The van der Waals surface area contributed by atoms with E-state index >= 15 is 0 Å². The number of thiophene rings is 1. The Balaban J connectivity index is 1.67. The number of para-hydroxylation sites is 2. The van der Waals surface area contributed by atoms with Gasteiger partial charge in [-0.15, -0.1) is 11.3 Å². The number of carbonyl (C=O) groups excluding carboxylic acids is 2. The molecule has 2 aliphatic rings. The molecule has 0 bridgehead atoms. The topological polar surface area (TPSA) is 61.4 Å². The van der Waals surface area contributed by atoms with E-state index in [-0.39, 0.29) is 11.8 Å². The molecule has 2 N–H and O–H groups in total. The highest BCUT2D eigenvalue weighted by atomic mass is 32.1. The van der Waals surface area contributed by atoms with Crippen LogP contribution in [0.25, 0.3) is 0 Å². The Labute approximate surface area is 191 Å². The number of fused-ring (bicyclic) bond motifs is 1. The molecular formula is C26H25N3O2S. The number of benzene rings is 2. The molecule has 1 aromatic heterocycles. The molecular weight excluding hydrogens is 418 g/mol. The Kier molecular flexibility index (Phi) is 5.31. The van der Waals surface area contributed by atoms with Crippen LogP contribution in [0.1, 0.15) is 41.3 Å². The molecule has 6 heteroatoms. The summed E-state index contributed by atoms with van der Waals surface area (Å²) in [7, 11) is 0. The molecule has 3 aromatic rings. The van der Waals surface area contributed by atoms with Gasteiger partial charge in [-0.25, -0.2) is 4.79 Å². The minimum atomic E-state index is -0.472. The maximum Gasteiger partial charge on any atom is 0.327 e. The number of hydrogen-bond donors (Lipinski definition) is 2. The Morgan fingerprint density at radius 2 is 1.84 bits per heavy atom. The van der Waals surface area contributed by atoms with Gasteiger partial charge in [-0.2, -0.15) is 0 Å². The van der Waals surface area contributed by atoms with Gasteiger partial charge in [0.05, 0.1) is 11.4 Å². The van der Waals surface area contributed by atoms with Crippen LogP contribution in [0.15, 0.2) is 71.2 Å². The van der Waals surface area contributed by atoms with Crippen molar-refractivity contribution in [3.63, 3.8) is 0 Å². The van der Waals surface area contributed by atoms with Crippen LogP contribution >= 0.6 is 11.3 Å². The lowest BCUT2D eigenvalue weighted by Gasteiger charge is -2.33. The molecule has 1 aliphatic heterocycles. The highest BCUT2D eigenvalue weighted by Gasteiger charge is 2.40. The van der Waals surface area contributed by atoms with Crippen molar-refractivity contribution in [2.24, 2.45) is 0 Å². The number of urea groups is 1. The zero-order valence-corrected chi connectivity index (χ0v) is 19.0. The standard InChI is InChI=1S/C26H25N3O2S/c1-16-13-17(2)15-18(14-16)27-26(31)29-21-9-4-3-7-19(21)28-20-8-5-10-22(30)24(20)25(29)23-11-6-12-32-23/h3-4,6-7,9,11-15,25,28H,5,8,10H2,1-2H3,(H,27,31)/t25-/m0/s1. The van der Waals surface area contributed by atoms with Crippen LogP contribution in [0, 0.1) is 13.8 Å². The highest BCUT2D eigenvalue weighted by Crippen LogP contribution is 2.45. The van der Waals surface area contributed by atoms with Crippen LogP contribution in [0.2, 0.25) is 0 Å². The number of hydrogen-bond acceptors (Lipinski definition) is 4. The van der Waals surface area contributed by atoms with Crippen molar-refractivity contribution in [2.75, 3.05) is 15.5 Å². The Morgan fingerprint density at radius 3 is 2.59 bits per heavy atom. The monoisotopic (exact) mass is 443 g/mol. The van der Waals surface area contributed by atoms with E-state index in [4.69, 9.17) is 0 Å². The minimum absolute atomic E-state index is 0.106. The molecule has 2 amide bonds. The van der Waals surface area contributed by atoms with E-state index in [1.54, 1.807) is 16.2 Å². The largest absolute Gasteiger partial charge is 0.357 e. The van der Waals surface area contributed by atoms with Gasteiger partial charge < -0.3 is 10.6 Å². The van der Waals surface area contributed by atoms with Crippen LogP contribution in [0.3, 0.4) is 0 Å².